The molecule has 0 spiro atoms. The van der Waals surface area contributed by atoms with Crippen LogP contribution >= 0.6 is 11.3 Å². The van der Waals surface area contributed by atoms with Crippen molar-refractivity contribution < 1.29 is 0 Å². The van der Waals surface area contributed by atoms with Crippen molar-refractivity contribution in [2.45, 2.75) is 65.3 Å². The van der Waals surface area contributed by atoms with Gasteiger partial charge in [0.15, 0.2) is 0 Å². The molecular formula is C17H31N3S. The van der Waals surface area contributed by atoms with Crippen LogP contribution in [-0.2, 0) is 12.8 Å². The molecule has 2 rings (SSSR count). The van der Waals surface area contributed by atoms with Gasteiger partial charge in [-0.25, -0.2) is 4.98 Å². The first-order valence-corrected chi connectivity index (χ1v) is 9.39. The topological polar surface area (TPSA) is 28.2 Å². The van der Waals surface area contributed by atoms with Gasteiger partial charge < -0.3 is 10.2 Å². The van der Waals surface area contributed by atoms with E-state index >= 15 is 0 Å². The van der Waals surface area contributed by atoms with Gasteiger partial charge in [0.25, 0.3) is 0 Å². The first-order valence-electron chi connectivity index (χ1n) is 8.58. The minimum absolute atomic E-state index is 0.566. The van der Waals surface area contributed by atoms with Crippen LogP contribution in [0.25, 0.3) is 0 Å². The third-order valence-corrected chi connectivity index (χ3v) is 5.61. The van der Waals surface area contributed by atoms with Crippen molar-refractivity contribution in [3.05, 3.63) is 15.6 Å². The highest BCUT2D eigenvalue weighted by Gasteiger charge is 2.24. The molecule has 1 N–H and O–H groups in total. The average molecular weight is 310 g/mol. The van der Waals surface area contributed by atoms with Crippen molar-refractivity contribution in [3.63, 3.8) is 0 Å². The molecule has 0 radical (unpaired) electrons. The highest BCUT2D eigenvalue weighted by atomic mass is 32.1. The van der Waals surface area contributed by atoms with Crippen LogP contribution in [0, 0.1) is 0 Å². The van der Waals surface area contributed by atoms with Crippen LogP contribution in [0.5, 0.6) is 0 Å². The molecule has 0 aromatic carbocycles. The Labute approximate surface area is 134 Å². The third kappa shape index (κ3) is 4.76. The Balaban J connectivity index is 1.97. The zero-order chi connectivity index (χ0) is 15.2. The average Bonchev–Trinajstić information content (AvgIpc) is 2.89. The molecule has 1 aliphatic carbocycles. The molecular weight excluding hydrogens is 278 g/mol. The van der Waals surface area contributed by atoms with Gasteiger partial charge in [0.1, 0.15) is 0 Å². The van der Waals surface area contributed by atoms with Gasteiger partial charge in [-0.15, -0.1) is 11.3 Å². The number of fused-ring (bicyclic) bond motifs is 1. The van der Waals surface area contributed by atoms with E-state index in [1.807, 2.05) is 11.3 Å². The minimum atomic E-state index is 0.566. The molecule has 1 aromatic heterocycles. The van der Waals surface area contributed by atoms with Crippen LogP contribution in [0.15, 0.2) is 0 Å². The Kier molecular flexibility index (Phi) is 6.65. The van der Waals surface area contributed by atoms with E-state index in [9.17, 15) is 0 Å². The summed E-state index contributed by atoms with van der Waals surface area (Å²) in [5, 5.41) is 4.94. The predicted molar refractivity (Wildman–Crippen MR) is 92.4 cm³/mol. The van der Waals surface area contributed by atoms with Gasteiger partial charge in [0.05, 0.1) is 10.7 Å². The Hall–Kier alpha value is -0.450. The van der Waals surface area contributed by atoms with E-state index < -0.39 is 0 Å². The zero-order valence-electron chi connectivity index (χ0n) is 14.1. The molecule has 21 heavy (non-hydrogen) atoms. The van der Waals surface area contributed by atoms with E-state index in [1.165, 1.54) is 30.0 Å². The molecule has 1 aromatic rings. The summed E-state index contributed by atoms with van der Waals surface area (Å²) in [6, 6.07) is 0.566. The lowest BCUT2D eigenvalue weighted by Crippen LogP contribution is -2.29. The quantitative estimate of drug-likeness (QED) is 0.797. The van der Waals surface area contributed by atoms with Crippen molar-refractivity contribution in [1.29, 1.82) is 0 Å². The fourth-order valence-electron chi connectivity index (χ4n) is 3.04. The number of nitrogens with one attached hydrogen (secondary N) is 1. The first-order chi connectivity index (χ1) is 10.1. The van der Waals surface area contributed by atoms with Crippen molar-refractivity contribution in [3.8, 4) is 0 Å². The number of aromatic nitrogens is 1. The summed E-state index contributed by atoms with van der Waals surface area (Å²) in [5.41, 5.74) is 1.41. The number of hydrogen-bond donors (Lipinski definition) is 1. The van der Waals surface area contributed by atoms with Crippen LogP contribution in [-0.4, -0.2) is 42.1 Å². The van der Waals surface area contributed by atoms with Gasteiger partial charge in [-0.05, 0) is 32.4 Å². The van der Waals surface area contributed by atoms with Crippen LogP contribution in [0.1, 0.15) is 62.0 Å². The fourth-order valence-corrected chi connectivity index (χ4v) is 4.22. The van der Waals surface area contributed by atoms with Gasteiger partial charge in [0.2, 0.25) is 0 Å². The smallest absolute Gasteiger partial charge is 0.0944 e. The fraction of sp³-hybridized carbons (Fsp3) is 0.824. The van der Waals surface area contributed by atoms with Crippen LogP contribution in [0.4, 0.5) is 0 Å². The molecule has 3 nitrogen and oxygen atoms in total. The molecule has 1 atom stereocenters. The standard InChI is InChI=1S/C17H31N3S/c1-5-20(6-2)11-10-16-19-17-14(12-18-13(3)4)8-7-9-15(17)21-16/h13-14,18H,5-12H2,1-4H3. The zero-order valence-corrected chi connectivity index (χ0v) is 14.9. The molecule has 0 fully saturated rings. The normalized spacial score (nSPS) is 18.5. The maximum atomic E-state index is 5.00. The Bertz CT molecular complexity index is 424. The second-order valence-corrected chi connectivity index (χ2v) is 7.51. The number of likely N-dealkylation sites (N-methyl/N-ethyl adjacent to an activating group) is 1. The monoisotopic (exact) mass is 309 g/mol. The number of rotatable bonds is 8. The molecule has 4 heteroatoms. The Morgan fingerprint density at radius 2 is 2.10 bits per heavy atom. The summed E-state index contributed by atoms with van der Waals surface area (Å²) in [4.78, 5) is 9.05. The van der Waals surface area contributed by atoms with Crippen LogP contribution in [0.2, 0.25) is 0 Å². The number of aryl methyl sites for hydroxylation is 1. The van der Waals surface area contributed by atoms with Crippen molar-refractivity contribution in [2.24, 2.45) is 0 Å². The molecule has 0 bridgehead atoms. The number of thiazole rings is 1. The predicted octanol–water partition coefficient (Wildman–Crippen LogP) is 3.45. The van der Waals surface area contributed by atoms with E-state index in [-0.39, 0.29) is 0 Å². The molecule has 0 saturated carbocycles. The highest BCUT2D eigenvalue weighted by Crippen LogP contribution is 2.34. The highest BCUT2D eigenvalue weighted by molar-refractivity contribution is 7.11. The summed E-state index contributed by atoms with van der Waals surface area (Å²) in [6.45, 7) is 13.4. The van der Waals surface area contributed by atoms with E-state index in [0.717, 1.165) is 32.6 Å². The lowest BCUT2D eigenvalue weighted by Gasteiger charge is -2.22. The van der Waals surface area contributed by atoms with Gasteiger partial charge in [-0.1, -0.05) is 27.7 Å². The van der Waals surface area contributed by atoms with E-state index in [0.29, 0.717) is 12.0 Å². The van der Waals surface area contributed by atoms with E-state index in [4.69, 9.17) is 4.98 Å². The summed E-state index contributed by atoms with van der Waals surface area (Å²) in [6.07, 6.45) is 4.99. The Morgan fingerprint density at radius 3 is 2.76 bits per heavy atom. The van der Waals surface area contributed by atoms with Gasteiger partial charge in [-0.2, -0.15) is 0 Å². The van der Waals surface area contributed by atoms with Crippen molar-refractivity contribution >= 4 is 11.3 Å². The lowest BCUT2D eigenvalue weighted by molar-refractivity contribution is 0.307. The molecule has 1 unspecified atom stereocenters. The number of nitrogens with zero attached hydrogens (tertiary/aromatic N) is 2. The number of hydrogen-bond acceptors (Lipinski definition) is 4. The second-order valence-electron chi connectivity index (χ2n) is 6.35. The minimum Gasteiger partial charge on any atom is -0.314 e. The van der Waals surface area contributed by atoms with Gasteiger partial charge >= 0.3 is 0 Å². The van der Waals surface area contributed by atoms with E-state index in [2.05, 4.69) is 37.9 Å². The summed E-state index contributed by atoms with van der Waals surface area (Å²) in [5.74, 6) is 0.634. The molecule has 1 aliphatic rings. The Morgan fingerprint density at radius 1 is 1.33 bits per heavy atom. The largest absolute Gasteiger partial charge is 0.314 e. The van der Waals surface area contributed by atoms with Crippen molar-refractivity contribution in [1.82, 2.24) is 15.2 Å². The second kappa shape index (κ2) is 8.25. The lowest BCUT2D eigenvalue weighted by atomic mass is 9.91. The summed E-state index contributed by atoms with van der Waals surface area (Å²) < 4.78 is 0. The molecule has 120 valence electrons. The first kappa shape index (κ1) is 16.9. The molecule has 0 aliphatic heterocycles. The van der Waals surface area contributed by atoms with Gasteiger partial charge in [-0.3, -0.25) is 0 Å². The van der Waals surface area contributed by atoms with E-state index in [1.54, 1.807) is 4.88 Å². The summed E-state index contributed by atoms with van der Waals surface area (Å²) in [7, 11) is 0. The molecule has 0 amide bonds. The summed E-state index contributed by atoms with van der Waals surface area (Å²) >= 11 is 1.97. The van der Waals surface area contributed by atoms with Crippen LogP contribution < -0.4 is 5.32 Å². The van der Waals surface area contributed by atoms with Crippen LogP contribution in [0.3, 0.4) is 0 Å². The maximum Gasteiger partial charge on any atom is 0.0944 e. The maximum absolute atomic E-state index is 5.00. The van der Waals surface area contributed by atoms with Gasteiger partial charge in [0, 0.05) is 36.3 Å². The third-order valence-electron chi connectivity index (χ3n) is 4.42. The molecule has 1 heterocycles. The SMILES string of the molecule is CCN(CC)CCc1nc2c(s1)CCCC2CNC(C)C. The van der Waals surface area contributed by atoms with Crippen molar-refractivity contribution in [2.75, 3.05) is 26.2 Å². The molecule has 0 saturated heterocycles.